The number of thioether (sulfide) groups is 1. The van der Waals surface area contributed by atoms with Gasteiger partial charge in [-0.15, -0.1) is 11.3 Å². The van der Waals surface area contributed by atoms with Gasteiger partial charge in [0.2, 0.25) is 5.96 Å². The Morgan fingerprint density at radius 3 is 3.00 bits per heavy atom. The van der Waals surface area contributed by atoms with Crippen LogP contribution in [-0.2, 0) is 5.75 Å². The Hall–Kier alpha value is -2.30. The molecule has 0 aliphatic heterocycles. The number of benzene rings is 1. The first kappa shape index (κ1) is 19.0. The fourth-order valence-corrected chi connectivity index (χ4v) is 3.48. The van der Waals surface area contributed by atoms with Gasteiger partial charge in [0, 0.05) is 17.7 Å². The van der Waals surface area contributed by atoms with Crippen LogP contribution in [0.2, 0.25) is 0 Å². The third kappa shape index (κ3) is 8.38. The van der Waals surface area contributed by atoms with E-state index in [1.54, 1.807) is 11.3 Å². The van der Waals surface area contributed by atoms with Crippen LogP contribution in [0, 0.1) is 11.5 Å². The first-order valence-corrected chi connectivity index (χ1v) is 10.1. The molecule has 1 heterocycles. The lowest BCUT2D eigenvalue weighted by Gasteiger charge is -2.07. The molecule has 0 atom stereocenters. The molecule has 2 rings (SSSR count). The first-order valence-electron chi connectivity index (χ1n) is 7.98. The van der Waals surface area contributed by atoms with Crippen LogP contribution in [0.1, 0.15) is 17.7 Å². The molecule has 7 heteroatoms. The SMILES string of the molecule is N#CNC(=NC/C=C/c1ccccc1)NCCCSCc1cscn1. The van der Waals surface area contributed by atoms with Crippen molar-refractivity contribution in [3.63, 3.8) is 0 Å². The predicted octanol–water partition coefficient (Wildman–Crippen LogP) is 3.50. The summed E-state index contributed by atoms with van der Waals surface area (Å²) >= 11 is 3.49. The van der Waals surface area contributed by atoms with E-state index in [0.717, 1.165) is 35.7 Å². The maximum atomic E-state index is 8.81. The summed E-state index contributed by atoms with van der Waals surface area (Å²) in [5.74, 6) is 2.51. The van der Waals surface area contributed by atoms with Crippen molar-refractivity contribution in [2.45, 2.75) is 12.2 Å². The molecule has 25 heavy (non-hydrogen) atoms. The molecule has 0 saturated carbocycles. The van der Waals surface area contributed by atoms with Gasteiger partial charge in [0.15, 0.2) is 6.19 Å². The Balaban J connectivity index is 1.63. The molecular formula is C18H21N5S2. The lowest BCUT2D eigenvalue weighted by molar-refractivity contribution is 0.824. The van der Waals surface area contributed by atoms with Gasteiger partial charge in [0.25, 0.3) is 0 Å². The van der Waals surface area contributed by atoms with E-state index >= 15 is 0 Å². The number of thiazole rings is 1. The number of nitriles is 1. The maximum Gasteiger partial charge on any atom is 0.205 e. The summed E-state index contributed by atoms with van der Waals surface area (Å²) in [6, 6.07) is 10.1. The normalized spacial score (nSPS) is 11.4. The molecule has 0 saturated heterocycles. The van der Waals surface area contributed by atoms with Gasteiger partial charge in [-0.05, 0) is 17.7 Å². The predicted molar refractivity (Wildman–Crippen MR) is 107 cm³/mol. The summed E-state index contributed by atoms with van der Waals surface area (Å²) in [4.78, 5) is 8.62. The van der Waals surface area contributed by atoms with Crippen molar-refractivity contribution in [1.82, 2.24) is 15.6 Å². The van der Waals surface area contributed by atoms with Crippen molar-refractivity contribution in [1.29, 1.82) is 5.26 Å². The van der Waals surface area contributed by atoms with Crippen molar-refractivity contribution in [3.05, 3.63) is 58.6 Å². The summed E-state index contributed by atoms with van der Waals surface area (Å²) in [7, 11) is 0. The summed E-state index contributed by atoms with van der Waals surface area (Å²) in [6.45, 7) is 1.30. The first-order chi connectivity index (χ1) is 12.4. The number of rotatable bonds is 9. The topological polar surface area (TPSA) is 73.1 Å². The molecule has 0 spiro atoms. The zero-order chi connectivity index (χ0) is 17.6. The maximum absolute atomic E-state index is 8.81. The highest BCUT2D eigenvalue weighted by molar-refractivity contribution is 7.98. The number of nitrogens with one attached hydrogen (secondary N) is 2. The Labute approximate surface area is 156 Å². The number of hydrogen-bond acceptors (Lipinski definition) is 5. The van der Waals surface area contributed by atoms with E-state index in [9.17, 15) is 0 Å². The summed E-state index contributed by atoms with van der Waals surface area (Å²) in [5, 5.41) is 16.6. The van der Waals surface area contributed by atoms with E-state index < -0.39 is 0 Å². The molecule has 0 bridgehead atoms. The van der Waals surface area contributed by atoms with Gasteiger partial charge in [0.05, 0.1) is 17.7 Å². The number of nitrogens with zero attached hydrogens (tertiary/aromatic N) is 3. The summed E-state index contributed by atoms with van der Waals surface area (Å²) in [6.07, 6.45) is 6.91. The van der Waals surface area contributed by atoms with E-state index in [2.05, 4.69) is 26.0 Å². The number of aromatic nitrogens is 1. The molecule has 0 unspecified atom stereocenters. The van der Waals surface area contributed by atoms with Crippen LogP contribution in [0.4, 0.5) is 0 Å². The fraction of sp³-hybridized carbons (Fsp3) is 0.278. The van der Waals surface area contributed by atoms with Crippen molar-refractivity contribution in [3.8, 4) is 6.19 Å². The van der Waals surface area contributed by atoms with Crippen LogP contribution in [-0.4, -0.2) is 29.8 Å². The molecule has 2 aromatic rings. The van der Waals surface area contributed by atoms with Gasteiger partial charge in [-0.25, -0.2) is 9.98 Å². The molecule has 0 radical (unpaired) electrons. The summed E-state index contributed by atoms with van der Waals surface area (Å²) < 4.78 is 0. The minimum Gasteiger partial charge on any atom is -0.356 e. The van der Waals surface area contributed by atoms with Gasteiger partial charge < -0.3 is 5.32 Å². The van der Waals surface area contributed by atoms with E-state index in [4.69, 9.17) is 5.26 Å². The Bertz CT molecular complexity index is 690. The van der Waals surface area contributed by atoms with Crippen molar-refractivity contribution in [2.75, 3.05) is 18.8 Å². The minimum absolute atomic E-state index is 0.518. The quantitative estimate of drug-likeness (QED) is 0.232. The third-order valence-electron chi connectivity index (χ3n) is 3.13. The second kappa shape index (κ2) is 12.1. The number of hydrogen-bond donors (Lipinski definition) is 2. The molecule has 1 aromatic carbocycles. The summed E-state index contributed by atoms with van der Waals surface area (Å²) in [5.41, 5.74) is 4.14. The third-order valence-corrected chi connectivity index (χ3v) is 4.84. The smallest absolute Gasteiger partial charge is 0.205 e. The molecule has 0 fully saturated rings. The van der Waals surface area contributed by atoms with Gasteiger partial charge >= 0.3 is 0 Å². The Morgan fingerprint density at radius 2 is 2.24 bits per heavy atom. The molecule has 0 aliphatic carbocycles. The minimum atomic E-state index is 0.518. The van der Waals surface area contributed by atoms with Gasteiger partial charge in [-0.2, -0.15) is 17.0 Å². The lowest BCUT2D eigenvalue weighted by atomic mass is 10.2. The second-order valence-electron chi connectivity index (χ2n) is 5.05. The molecule has 5 nitrogen and oxygen atoms in total. The van der Waals surface area contributed by atoms with E-state index in [1.807, 2.05) is 65.9 Å². The van der Waals surface area contributed by atoms with Crippen molar-refractivity contribution >= 4 is 35.1 Å². The highest BCUT2D eigenvalue weighted by Crippen LogP contribution is 2.12. The molecule has 130 valence electrons. The average Bonchev–Trinajstić information content (AvgIpc) is 3.16. The Kier molecular flexibility index (Phi) is 9.22. The average molecular weight is 372 g/mol. The standard InChI is InChI=1S/C18H21N5S2/c19-14-22-18(20-9-4-8-16-6-2-1-3-7-16)21-10-5-11-24-12-17-13-25-15-23-17/h1-4,6-8,13,15H,5,9-12H2,(H2,20,21,22)/b8-4+. The van der Waals surface area contributed by atoms with Crippen molar-refractivity contribution in [2.24, 2.45) is 4.99 Å². The molecule has 0 amide bonds. The zero-order valence-corrected chi connectivity index (χ0v) is 15.5. The highest BCUT2D eigenvalue weighted by atomic mass is 32.2. The van der Waals surface area contributed by atoms with Crippen LogP contribution in [0.3, 0.4) is 0 Å². The van der Waals surface area contributed by atoms with Crippen LogP contribution in [0.25, 0.3) is 6.08 Å². The number of guanidine groups is 1. The highest BCUT2D eigenvalue weighted by Gasteiger charge is 1.98. The molecule has 2 N–H and O–H groups in total. The van der Waals surface area contributed by atoms with Crippen LogP contribution < -0.4 is 10.6 Å². The molecule has 1 aromatic heterocycles. The van der Waals surface area contributed by atoms with E-state index in [1.165, 1.54) is 0 Å². The van der Waals surface area contributed by atoms with Gasteiger partial charge in [-0.3, -0.25) is 5.32 Å². The van der Waals surface area contributed by atoms with Crippen LogP contribution in [0.15, 0.2) is 52.3 Å². The number of aliphatic imine (C=N–C) groups is 1. The largest absolute Gasteiger partial charge is 0.356 e. The molecular weight excluding hydrogens is 350 g/mol. The van der Waals surface area contributed by atoms with E-state index in [-0.39, 0.29) is 0 Å². The van der Waals surface area contributed by atoms with Crippen molar-refractivity contribution < 1.29 is 0 Å². The van der Waals surface area contributed by atoms with Crippen LogP contribution in [0.5, 0.6) is 0 Å². The lowest BCUT2D eigenvalue weighted by Crippen LogP contribution is -2.35. The molecule has 0 aliphatic rings. The Morgan fingerprint density at radius 1 is 1.36 bits per heavy atom. The van der Waals surface area contributed by atoms with E-state index in [0.29, 0.717) is 12.5 Å². The zero-order valence-electron chi connectivity index (χ0n) is 13.9. The van der Waals surface area contributed by atoms with Gasteiger partial charge in [0.1, 0.15) is 0 Å². The monoisotopic (exact) mass is 371 g/mol. The van der Waals surface area contributed by atoms with Crippen LogP contribution >= 0.6 is 23.1 Å². The second-order valence-corrected chi connectivity index (χ2v) is 6.88. The fourth-order valence-electron chi connectivity index (χ4n) is 1.96. The van der Waals surface area contributed by atoms with Gasteiger partial charge in [-0.1, -0.05) is 42.5 Å².